The molecule has 7 rings (SSSR count). The summed E-state index contributed by atoms with van der Waals surface area (Å²) in [4.78, 5) is 11.8. The molecule has 7 aliphatic rings. The second kappa shape index (κ2) is 17.6. The second-order valence-corrected chi connectivity index (χ2v) is 20.7. The lowest BCUT2D eigenvalue weighted by atomic mass is 9.75. The summed E-state index contributed by atoms with van der Waals surface area (Å²) in [5.41, 5.74) is -1.57. The van der Waals surface area contributed by atoms with Gasteiger partial charge in [0, 0.05) is 63.6 Å². The summed E-state index contributed by atoms with van der Waals surface area (Å²) in [5, 5.41) is 55.1. The lowest BCUT2D eigenvalue weighted by Gasteiger charge is -2.53. The topological polar surface area (TPSA) is 211 Å². The van der Waals surface area contributed by atoms with Gasteiger partial charge in [-0.1, -0.05) is 34.6 Å². The molecular formula is C45H76O16. The summed E-state index contributed by atoms with van der Waals surface area (Å²) in [7, 11) is 3.14. The Kier molecular flexibility index (Phi) is 13.8. The third-order valence-corrected chi connectivity index (χ3v) is 16.2. The van der Waals surface area contributed by atoms with Crippen molar-refractivity contribution in [3.8, 4) is 0 Å². The van der Waals surface area contributed by atoms with Crippen LogP contribution in [0.15, 0.2) is 0 Å². The molecule has 352 valence electrons. The molecule has 0 amide bonds. The van der Waals surface area contributed by atoms with Gasteiger partial charge < -0.3 is 72.9 Å². The van der Waals surface area contributed by atoms with E-state index in [0.29, 0.717) is 38.5 Å². The molecule has 0 aromatic rings. The minimum absolute atomic E-state index is 0.00446. The number of hydrogen-bond acceptors (Lipinski definition) is 15. The number of ether oxygens (including phenoxy) is 10. The fourth-order valence-corrected chi connectivity index (χ4v) is 12.0. The molecule has 61 heavy (non-hydrogen) atoms. The van der Waals surface area contributed by atoms with E-state index in [1.807, 2.05) is 34.6 Å². The number of aliphatic carboxylic acids is 1. The standard InChI is InChI=1S/C45H76O16/c1-22-18-23(2)43(9,50)58-36(22)30-19-31(55-34-13-12-29(52-10)27(6)54-34)40(56-30)42(8)15-14-32(57-42)41(7)16-17-44(61-41)20-28(46)24(3)37(59-44)25(4)38-39(53-11)35(49)26(5)45(51,60-38)21-33(47)48/h22-32,34-40,46,49-51H,12-21H2,1-11H3,(H,47,48)/t22-,23+,24+,25+,26?,27+,28?,29-,30+,31-,32+,34-,35-,36-,37-,38?,39+,40+,41-,42-,43-,44+,45+/m0/s1. The first-order valence-electron chi connectivity index (χ1n) is 22.9. The van der Waals surface area contributed by atoms with Crippen molar-refractivity contribution in [2.45, 2.75) is 235 Å². The predicted octanol–water partition coefficient (Wildman–Crippen LogP) is 4.04. The molecule has 16 nitrogen and oxygen atoms in total. The van der Waals surface area contributed by atoms with E-state index in [1.165, 1.54) is 14.0 Å². The van der Waals surface area contributed by atoms with E-state index in [0.717, 1.165) is 12.8 Å². The van der Waals surface area contributed by atoms with Crippen LogP contribution in [0.1, 0.15) is 127 Å². The van der Waals surface area contributed by atoms with E-state index >= 15 is 0 Å². The molecule has 5 N–H and O–H groups in total. The monoisotopic (exact) mass is 873 g/mol. The summed E-state index contributed by atoms with van der Waals surface area (Å²) >= 11 is 0. The Bertz CT molecular complexity index is 1530. The van der Waals surface area contributed by atoms with Crippen molar-refractivity contribution < 1.29 is 77.7 Å². The summed E-state index contributed by atoms with van der Waals surface area (Å²) < 4.78 is 65.1. The first-order chi connectivity index (χ1) is 28.5. The number of hydrogen-bond donors (Lipinski definition) is 5. The number of carbonyl (C=O) groups is 1. The van der Waals surface area contributed by atoms with Crippen LogP contribution in [0.25, 0.3) is 0 Å². The highest BCUT2D eigenvalue weighted by Crippen LogP contribution is 2.54. The summed E-state index contributed by atoms with van der Waals surface area (Å²) in [6, 6.07) is 0. The zero-order valence-corrected chi connectivity index (χ0v) is 38.2. The molecule has 7 aliphatic heterocycles. The van der Waals surface area contributed by atoms with Crippen molar-refractivity contribution in [2.75, 3.05) is 14.2 Å². The van der Waals surface area contributed by atoms with Crippen LogP contribution < -0.4 is 0 Å². The Morgan fingerprint density at radius 1 is 0.820 bits per heavy atom. The van der Waals surface area contributed by atoms with Crippen LogP contribution in [0, 0.1) is 29.6 Å². The van der Waals surface area contributed by atoms with Gasteiger partial charge in [0.2, 0.25) is 0 Å². The Hall–Kier alpha value is -1.09. The molecule has 1 spiro atoms. The Balaban J connectivity index is 1.08. The zero-order chi connectivity index (χ0) is 44.6. The van der Waals surface area contributed by atoms with Crippen LogP contribution in [-0.4, -0.2) is 154 Å². The van der Waals surface area contributed by atoms with E-state index in [9.17, 15) is 30.3 Å². The van der Waals surface area contributed by atoms with Crippen LogP contribution in [0.4, 0.5) is 0 Å². The molecule has 23 atom stereocenters. The molecule has 7 heterocycles. The average Bonchev–Trinajstić information content (AvgIpc) is 3.89. The molecule has 0 radical (unpaired) electrons. The lowest BCUT2D eigenvalue weighted by Crippen LogP contribution is -2.65. The highest BCUT2D eigenvalue weighted by atomic mass is 16.7. The van der Waals surface area contributed by atoms with Gasteiger partial charge in [0.25, 0.3) is 0 Å². The van der Waals surface area contributed by atoms with Crippen LogP contribution in [0.2, 0.25) is 0 Å². The van der Waals surface area contributed by atoms with Crippen molar-refractivity contribution >= 4 is 5.97 Å². The average molecular weight is 873 g/mol. The Labute approximate surface area is 361 Å². The van der Waals surface area contributed by atoms with E-state index in [1.54, 1.807) is 14.0 Å². The largest absolute Gasteiger partial charge is 0.481 e. The summed E-state index contributed by atoms with van der Waals surface area (Å²) in [6.07, 6.45) is -2.26. The van der Waals surface area contributed by atoms with Crippen molar-refractivity contribution in [3.05, 3.63) is 0 Å². The quantitative estimate of drug-likeness (QED) is 0.198. The second-order valence-electron chi connectivity index (χ2n) is 20.7. The first-order valence-corrected chi connectivity index (χ1v) is 22.9. The number of carboxylic acid groups (broad SMARTS) is 1. The molecule has 7 saturated heterocycles. The maximum absolute atomic E-state index is 11.8. The van der Waals surface area contributed by atoms with Gasteiger partial charge in [-0.25, -0.2) is 0 Å². The van der Waals surface area contributed by atoms with Crippen molar-refractivity contribution in [3.63, 3.8) is 0 Å². The minimum atomic E-state index is -2.15. The minimum Gasteiger partial charge on any atom is -0.481 e. The molecule has 0 saturated carbocycles. The number of rotatable bonds is 11. The van der Waals surface area contributed by atoms with E-state index in [4.69, 9.17) is 47.4 Å². The van der Waals surface area contributed by atoms with Crippen LogP contribution in [0.5, 0.6) is 0 Å². The predicted molar refractivity (Wildman–Crippen MR) is 217 cm³/mol. The van der Waals surface area contributed by atoms with Gasteiger partial charge in [-0.05, 0) is 65.7 Å². The van der Waals surface area contributed by atoms with Crippen LogP contribution in [-0.2, 0) is 52.2 Å². The van der Waals surface area contributed by atoms with Gasteiger partial charge in [-0.3, -0.25) is 4.79 Å². The molecule has 0 aromatic heterocycles. The third-order valence-electron chi connectivity index (χ3n) is 16.2. The molecule has 3 unspecified atom stereocenters. The summed E-state index contributed by atoms with van der Waals surface area (Å²) in [5.74, 6) is -7.65. The van der Waals surface area contributed by atoms with E-state index < -0.39 is 102 Å². The van der Waals surface area contributed by atoms with Crippen molar-refractivity contribution in [2.24, 2.45) is 29.6 Å². The fourth-order valence-electron chi connectivity index (χ4n) is 12.0. The molecule has 0 aliphatic carbocycles. The summed E-state index contributed by atoms with van der Waals surface area (Å²) in [6.45, 7) is 17.3. The molecule has 0 aromatic carbocycles. The first kappa shape index (κ1) is 47.9. The Morgan fingerprint density at radius 2 is 1.54 bits per heavy atom. The van der Waals surface area contributed by atoms with Gasteiger partial charge >= 0.3 is 5.97 Å². The van der Waals surface area contributed by atoms with Gasteiger partial charge in [-0.15, -0.1) is 0 Å². The molecular weight excluding hydrogens is 796 g/mol. The van der Waals surface area contributed by atoms with Gasteiger partial charge in [0.15, 0.2) is 23.7 Å². The van der Waals surface area contributed by atoms with Crippen molar-refractivity contribution in [1.29, 1.82) is 0 Å². The third kappa shape index (κ3) is 9.09. The van der Waals surface area contributed by atoms with E-state index in [-0.39, 0.29) is 54.9 Å². The maximum atomic E-state index is 11.8. The lowest BCUT2D eigenvalue weighted by molar-refractivity contribution is -0.363. The molecule has 0 bridgehead atoms. The van der Waals surface area contributed by atoms with Gasteiger partial charge in [0.05, 0.1) is 78.7 Å². The SMILES string of the molecule is CO[C@H]1CC[C@H](O[C@H]2C[C@H]([C@H]3O[C@](C)(O)[C@H](C)C[C@@H]3C)O[C@H]2[C@]2(C)CC[C@H]([C@]3(C)CC[C@]4(CC(O)[C@@H](C)[C@@H]([C@@H](C)C5O[C@](O)(CC(=O)O)C(C)[C@H](O)[C@H]5OC)O4)O3)O2)O[C@@H]1C. The highest BCUT2D eigenvalue weighted by molar-refractivity contribution is 5.68. The van der Waals surface area contributed by atoms with Crippen LogP contribution in [0.3, 0.4) is 0 Å². The van der Waals surface area contributed by atoms with Gasteiger partial charge in [-0.2, -0.15) is 0 Å². The highest BCUT2D eigenvalue weighted by Gasteiger charge is 2.63. The normalized spacial score (nSPS) is 54.9. The number of methoxy groups -OCH3 is 2. The van der Waals surface area contributed by atoms with E-state index in [2.05, 4.69) is 13.8 Å². The maximum Gasteiger partial charge on any atom is 0.308 e. The van der Waals surface area contributed by atoms with Gasteiger partial charge in [0.1, 0.15) is 12.2 Å². The molecule has 16 heteroatoms. The number of carboxylic acids is 1. The number of aliphatic hydroxyl groups is 4. The van der Waals surface area contributed by atoms with Crippen LogP contribution >= 0.6 is 0 Å². The fraction of sp³-hybridized carbons (Fsp3) is 0.978. The molecule has 7 fully saturated rings. The zero-order valence-electron chi connectivity index (χ0n) is 38.2. The van der Waals surface area contributed by atoms with Crippen molar-refractivity contribution in [1.82, 2.24) is 0 Å². The smallest absolute Gasteiger partial charge is 0.308 e. The number of aliphatic hydroxyl groups excluding tert-OH is 2. The Morgan fingerprint density at radius 3 is 2.20 bits per heavy atom.